The molecule has 0 aliphatic carbocycles. The molecule has 202 valence electrons. The highest BCUT2D eigenvalue weighted by Gasteiger charge is 2.16. The Kier molecular flexibility index (Phi) is 11.8. The number of anilines is 2. The number of likely N-dealkylation sites (tertiary alicyclic amines) is 1. The van der Waals surface area contributed by atoms with E-state index in [1.807, 2.05) is 32.0 Å². The normalized spacial score (nSPS) is 13.6. The maximum Gasteiger partial charge on any atom is 0.191 e. The molecule has 0 amide bonds. The number of aromatic nitrogens is 3. The van der Waals surface area contributed by atoms with Crippen molar-refractivity contribution in [2.45, 2.75) is 63.8 Å². The number of nitrogen functional groups attached to an aromatic ring is 2. The minimum atomic E-state index is 0.374. The standard InChI is InChI=1S/C25H34N6O2S2.C2H6/c1-3-7-21-18(16-34-25-29-22(26)15-23(27)30-25)28-24(35-21)17-8-9-19(32-2)20(14-17)33-13-12-31-10-5-4-6-11-31;1-2/h8-9,14-15H,3-7,10-13,16H2,1-2H3,(H4,26,27,29,30);1-2H3. The summed E-state index contributed by atoms with van der Waals surface area (Å²) in [6.45, 7) is 10.1. The van der Waals surface area contributed by atoms with Crippen LogP contribution in [0, 0.1) is 0 Å². The summed E-state index contributed by atoms with van der Waals surface area (Å²) in [7, 11) is 1.68. The quantitative estimate of drug-likeness (QED) is 0.225. The molecule has 0 saturated carbocycles. The summed E-state index contributed by atoms with van der Waals surface area (Å²) >= 11 is 3.22. The van der Waals surface area contributed by atoms with E-state index in [0.29, 0.717) is 29.2 Å². The number of benzene rings is 1. The molecular formula is C27H40N6O2S2. The molecular weight excluding hydrogens is 504 g/mol. The lowest BCUT2D eigenvalue weighted by Crippen LogP contribution is -2.33. The Hall–Kier alpha value is -2.56. The number of thiazole rings is 1. The highest BCUT2D eigenvalue weighted by molar-refractivity contribution is 7.98. The van der Waals surface area contributed by atoms with Gasteiger partial charge in [0.1, 0.15) is 23.3 Å². The van der Waals surface area contributed by atoms with E-state index in [0.717, 1.165) is 60.2 Å². The van der Waals surface area contributed by atoms with E-state index < -0.39 is 0 Å². The van der Waals surface area contributed by atoms with Crippen LogP contribution < -0.4 is 20.9 Å². The van der Waals surface area contributed by atoms with Crippen molar-refractivity contribution in [3.63, 3.8) is 0 Å². The zero-order chi connectivity index (χ0) is 26.6. The second-order valence-electron chi connectivity index (χ2n) is 8.54. The Labute approximate surface area is 229 Å². The molecule has 0 spiro atoms. The summed E-state index contributed by atoms with van der Waals surface area (Å²) < 4.78 is 11.7. The number of thioether (sulfide) groups is 1. The average Bonchev–Trinajstić information content (AvgIpc) is 3.31. The summed E-state index contributed by atoms with van der Waals surface area (Å²) in [5.74, 6) is 2.90. The van der Waals surface area contributed by atoms with Crippen LogP contribution in [0.3, 0.4) is 0 Å². The molecule has 1 aromatic carbocycles. The Morgan fingerprint density at radius 1 is 1.00 bits per heavy atom. The van der Waals surface area contributed by atoms with Crippen LogP contribution in [-0.2, 0) is 12.2 Å². The van der Waals surface area contributed by atoms with Crippen LogP contribution in [0.4, 0.5) is 11.6 Å². The monoisotopic (exact) mass is 544 g/mol. The van der Waals surface area contributed by atoms with Gasteiger partial charge in [-0.3, -0.25) is 4.90 Å². The van der Waals surface area contributed by atoms with Gasteiger partial charge in [0.2, 0.25) is 0 Å². The molecule has 1 saturated heterocycles. The highest BCUT2D eigenvalue weighted by Crippen LogP contribution is 2.37. The van der Waals surface area contributed by atoms with Gasteiger partial charge in [0.05, 0.1) is 12.8 Å². The zero-order valence-electron chi connectivity index (χ0n) is 22.5. The Bertz CT molecular complexity index is 1100. The van der Waals surface area contributed by atoms with E-state index in [-0.39, 0.29) is 0 Å². The smallest absolute Gasteiger partial charge is 0.191 e. The molecule has 3 aromatic rings. The maximum absolute atomic E-state index is 6.17. The first kappa shape index (κ1) is 29.0. The van der Waals surface area contributed by atoms with Crippen LogP contribution in [0.5, 0.6) is 11.5 Å². The van der Waals surface area contributed by atoms with Gasteiger partial charge in [-0.05, 0) is 50.6 Å². The summed E-state index contributed by atoms with van der Waals surface area (Å²) in [5, 5.41) is 1.54. The lowest BCUT2D eigenvalue weighted by molar-refractivity contribution is 0.180. The van der Waals surface area contributed by atoms with Gasteiger partial charge in [-0.2, -0.15) is 0 Å². The molecule has 2 aromatic heterocycles. The Balaban J connectivity index is 0.00000186. The molecule has 3 heterocycles. The topological polar surface area (TPSA) is 112 Å². The molecule has 0 atom stereocenters. The van der Waals surface area contributed by atoms with Gasteiger partial charge in [0, 0.05) is 28.8 Å². The second kappa shape index (κ2) is 15.0. The zero-order valence-corrected chi connectivity index (χ0v) is 24.1. The third-order valence-corrected chi connectivity index (χ3v) is 7.93. The van der Waals surface area contributed by atoms with Gasteiger partial charge >= 0.3 is 0 Å². The van der Waals surface area contributed by atoms with Crippen LogP contribution in [0.1, 0.15) is 57.0 Å². The van der Waals surface area contributed by atoms with Gasteiger partial charge in [0.15, 0.2) is 16.7 Å². The number of aryl methyl sites for hydroxylation is 1. The SMILES string of the molecule is CC.CCCc1sc(-c2ccc(OC)c(OCCN3CCCCC3)c2)nc1CSc1nc(N)cc(N)n1. The number of piperidine rings is 1. The van der Waals surface area contributed by atoms with Gasteiger partial charge in [-0.1, -0.05) is 45.4 Å². The van der Waals surface area contributed by atoms with Crippen molar-refractivity contribution in [1.29, 1.82) is 0 Å². The van der Waals surface area contributed by atoms with E-state index in [4.69, 9.17) is 25.9 Å². The molecule has 37 heavy (non-hydrogen) atoms. The van der Waals surface area contributed by atoms with Crippen molar-refractivity contribution < 1.29 is 9.47 Å². The van der Waals surface area contributed by atoms with Crippen molar-refractivity contribution in [2.24, 2.45) is 0 Å². The molecule has 0 bridgehead atoms. The molecule has 4 rings (SSSR count). The number of hydrogen-bond donors (Lipinski definition) is 2. The first-order valence-corrected chi connectivity index (χ1v) is 14.9. The Morgan fingerprint density at radius 3 is 2.41 bits per heavy atom. The minimum absolute atomic E-state index is 0.374. The Morgan fingerprint density at radius 2 is 1.73 bits per heavy atom. The number of methoxy groups -OCH3 is 1. The van der Waals surface area contributed by atoms with E-state index in [1.165, 1.54) is 35.9 Å². The first-order valence-electron chi connectivity index (χ1n) is 13.1. The second-order valence-corrected chi connectivity index (χ2v) is 10.6. The predicted molar refractivity (Wildman–Crippen MR) is 156 cm³/mol. The van der Waals surface area contributed by atoms with Crippen LogP contribution in [0.2, 0.25) is 0 Å². The van der Waals surface area contributed by atoms with Crippen molar-refractivity contribution in [2.75, 3.05) is 44.8 Å². The first-order chi connectivity index (χ1) is 18.1. The molecule has 10 heteroatoms. The van der Waals surface area contributed by atoms with Crippen LogP contribution in [0.15, 0.2) is 29.4 Å². The number of rotatable bonds is 11. The molecule has 0 unspecified atom stereocenters. The molecule has 1 aliphatic heterocycles. The molecule has 1 aliphatic rings. The lowest BCUT2D eigenvalue weighted by atomic mass is 10.1. The van der Waals surface area contributed by atoms with Gasteiger partial charge in [-0.15, -0.1) is 11.3 Å². The molecule has 1 fully saturated rings. The third-order valence-electron chi connectivity index (χ3n) is 5.86. The predicted octanol–water partition coefficient (Wildman–Crippen LogP) is 5.91. The molecule has 4 N–H and O–H groups in total. The maximum atomic E-state index is 6.17. The number of nitrogens with zero attached hydrogens (tertiary/aromatic N) is 4. The average molecular weight is 545 g/mol. The van der Waals surface area contributed by atoms with Crippen molar-refractivity contribution in [3.05, 3.63) is 34.8 Å². The minimum Gasteiger partial charge on any atom is -0.493 e. The summed E-state index contributed by atoms with van der Waals surface area (Å²) in [5.41, 5.74) is 13.7. The van der Waals surface area contributed by atoms with Gasteiger partial charge in [0.25, 0.3) is 0 Å². The summed E-state index contributed by atoms with van der Waals surface area (Å²) in [6, 6.07) is 7.61. The number of ether oxygens (including phenoxy) is 2. The van der Waals surface area contributed by atoms with Crippen molar-refractivity contribution in [3.8, 4) is 22.1 Å². The summed E-state index contributed by atoms with van der Waals surface area (Å²) in [6.07, 6.45) is 5.92. The van der Waals surface area contributed by atoms with Crippen LogP contribution in [-0.4, -0.2) is 53.2 Å². The van der Waals surface area contributed by atoms with E-state index in [9.17, 15) is 0 Å². The van der Waals surface area contributed by atoms with E-state index in [2.05, 4.69) is 21.8 Å². The number of nitrogens with two attached hydrogens (primary N) is 2. The fraction of sp³-hybridized carbons (Fsp3) is 0.519. The largest absolute Gasteiger partial charge is 0.493 e. The highest BCUT2D eigenvalue weighted by atomic mass is 32.2. The van der Waals surface area contributed by atoms with Crippen molar-refractivity contribution >= 4 is 34.7 Å². The lowest BCUT2D eigenvalue weighted by Gasteiger charge is -2.26. The fourth-order valence-electron chi connectivity index (χ4n) is 4.09. The van der Waals surface area contributed by atoms with Gasteiger partial charge in [-0.25, -0.2) is 15.0 Å². The van der Waals surface area contributed by atoms with E-state index >= 15 is 0 Å². The van der Waals surface area contributed by atoms with Crippen LogP contribution >= 0.6 is 23.1 Å². The van der Waals surface area contributed by atoms with E-state index in [1.54, 1.807) is 24.5 Å². The van der Waals surface area contributed by atoms with Gasteiger partial charge < -0.3 is 20.9 Å². The molecule has 8 nitrogen and oxygen atoms in total. The third kappa shape index (κ3) is 8.48. The van der Waals surface area contributed by atoms with Crippen molar-refractivity contribution in [1.82, 2.24) is 19.9 Å². The van der Waals surface area contributed by atoms with Crippen LogP contribution in [0.25, 0.3) is 10.6 Å². The molecule has 0 radical (unpaired) electrons. The number of hydrogen-bond acceptors (Lipinski definition) is 10. The summed E-state index contributed by atoms with van der Waals surface area (Å²) in [4.78, 5) is 17.3. The fourth-order valence-corrected chi connectivity index (χ4v) is 6.20.